The molecule has 2 amide bonds. The second-order valence-corrected chi connectivity index (χ2v) is 12.5. The van der Waals surface area contributed by atoms with Crippen LogP contribution in [0.3, 0.4) is 0 Å². The minimum atomic E-state index is -3.81. The Kier molecular flexibility index (Phi) is 10.7. The number of hydrogen-bond donors (Lipinski definition) is 1. The highest BCUT2D eigenvalue weighted by atomic mass is 79.9. The van der Waals surface area contributed by atoms with E-state index < -0.39 is 28.5 Å². The molecule has 0 aliphatic carbocycles. The summed E-state index contributed by atoms with van der Waals surface area (Å²) in [6.45, 7) is 5.80. The molecule has 1 atom stereocenters. The molecule has 1 unspecified atom stereocenters. The van der Waals surface area contributed by atoms with Crippen LogP contribution < -0.4 is 9.62 Å². The Bertz CT molecular complexity index is 1360. The number of nitrogens with zero attached hydrogens (tertiary/aromatic N) is 2. The fourth-order valence-corrected chi connectivity index (χ4v) is 5.71. The van der Waals surface area contributed by atoms with Crippen LogP contribution in [0.15, 0.2) is 77.3 Å². The van der Waals surface area contributed by atoms with Gasteiger partial charge in [0.2, 0.25) is 21.8 Å². The monoisotopic (exact) mass is 613 g/mol. The highest BCUT2D eigenvalue weighted by molar-refractivity contribution is 9.10. The van der Waals surface area contributed by atoms with Crippen molar-refractivity contribution in [3.05, 3.63) is 99.5 Å². The number of halogens is 1. The number of carbonyl (C=O) groups excluding carboxylic acids is 2. The maximum atomic E-state index is 14.1. The Morgan fingerprint density at radius 1 is 0.897 bits per heavy atom. The molecule has 0 saturated heterocycles. The van der Waals surface area contributed by atoms with E-state index in [0.29, 0.717) is 18.7 Å². The van der Waals surface area contributed by atoms with E-state index in [1.54, 1.807) is 0 Å². The number of carbonyl (C=O) groups is 2. The minimum Gasteiger partial charge on any atom is -0.354 e. The summed E-state index contributed by atoms with van der Waals surface area (Å²) in [5, 5.41) is 2.94. The largest absolute Gasteiger partial charge is 0.354 e. The second-order valence-electron chi connectivity index (χ2n) is 9.65. The molecule has 0 bridgehead atoms. The standard InChI is InChI=1S/C30H36BrN3O4S/c1-5-18-32-30(36)27(19-24-12-7-6-8-13-24)33(20-25-14-16-26(31)17-15-25)28(35)21-34(39(4,37)38)29-22(2)10-9-11-23(29)3/h6-17,27H,5,18-21H2,1-4H3,(H,32,36). The van der Waals surface area contributed by atoms with Crippen LogP contribution >= 0.6 is 15.9 Å². The fraction of sp³-hybridized carbons (Fsp3) is 0.333. The summed E-state index contributed by atoms with van der Waals surface area (Å²) in [5.74, 6) is -0.734. The topological polar surface area (TPSA) is 86.8 Å². The summed E-state index contributed by atoms with van der Waals surface area (Å²) in [4.78, 5) is 29.1. The van der Waals surface area contributed by atoms with Crippen LogP contribution in [-0.2, 0) is 32.6 Å². The van der Waals surface area contributed by atoms with Crippen molar-refractivity contribution in [3.63, 3.8) is 0 Å². The van der Waals surface area contributed by atoms with Crippen molar-refractivity contribution >= 4 is 43.5 Å². The molecule has 0 saturated carbocycles. The third kappa shape index (κ3) is 8.41. The first kappa shape index (κ1) is 30.4. The van der Waals surface area contributed by atoms with Crippen molar-refractivity contribution in [2.24, 2.45) is 0 Å². The third-order valence-electron chi connectivity index (χ3n) is 6.45. The summed E-state index contributed by atoms with van der Waals surface area (Å²) >= 11 is 3.44. The minimum absolute atomic E-state index is 0.146. The van der Waals surface area contributed by atoms with E-state index in [-0.39, 0.29) is 12.5 Å². The zero-order valence-corrected chi connectivity index (χ0v) is 25.3. The van der Waals surface area contributed by atoms with Gasteiger partial charge in [0, 0.05) is 24.0 Å². The maximum absolute atomic E-state index is 14.1. The molecule has 3 rings (SSSR count). The van der Waals surface area contributed by atoms with Gasteiger partial charge in [-0.1, -0.05) is 83.5 Å². The van der Waals surface area contributed by atoms with Crippen LogP contribution in [0.1, 0.15) is 35.6 Å². The van der Waals surface area contributed by atoms with Gasteiger partial charge in [0.15, 0.2) is 0 Å². The Hall–Kier alpha value is -3.17. The molecule has 1 N–H and O–H groups in total. The predicted molar refractivity (Wildman–Crippen MR) is 160 cm³/mol. The zero-order chi connectivity index (χ0) is 28.6. The molecule has 0 spiro atoms. The lowest BCUT2D eigenvalue weighted by molar-refractivity contribution is -0.140. The van der Waals surface area contributed by atoms with Crippen molar-refractivity contribution in [2.45, 2.75) is 46.2 Å². The molecule has 7 nitrogen and oxygen atoms in total. The first-order valence-corrected chi connectivity index (χ1v) is 15.5. The van der Waals surface area contributed by atoms with Gasteiger partial charge in [-0.25, -0.2) is 8.42 Å². The Balaban J connectivity index is 2.07. The Morgan fingerprint density at radius 2 is 1.51 bits per heavy atom. The molecule has 39 heavy (non-hydrogen) atoms. The fourth-order valence-electron chi connectivity index (χ4n) is 4.48. The van der Waals surface area contributed by atoms with Gasteiger partial charge in [-0.3, -0.25) is 13.9 Å². The normalized spacial score (nSPS) is 12.0. The van der Waals surface area contributed by atoms with Crippen molar-refractivity contribution < 1.29 is 18.0 Å². The number of rotatable bonds is 12. The van der Waals surface area contributed by atoms with Crippen LogP contribution in [0.25, 0.3) is 0 Å². The van der Waals surface area contributed by atoms with E-state index in [1.807, 2.05) is 93.6 Å². The molecule has 9 heteroatoms. The average Bonchev–Trinajstić information content (AvgIpc) is 2.89. The van der Waals surface area contributed by atoms with Crippen molar-refractivity contribution in [1.29, 1.82) is 0 Å². The molecule has 3 aromatic rings. The molecule has 3 aromatic carbocycles. The van der Waals surface area contributed by atoms with Gasteiger partial charge in [0.1, 0.15) is 12.6 Å². The number of hydrogen-bond acceptors (Lipinski definition) is 4. The average molecular weight is 615 g/mol. The van der Waals surface area contributed by atoms with Crippen LogP contribution in [-0.4, -0.2) is 50.5 Å². The van der Waals surface area contributed by atoms with Gasteiger partial charge < -0.3 is 10.2 Å². The molecule has 0 aliphatic heterocycles. The number of para-hydroxylation sites is 1. The summed E-state index contributed by atoms with van der Waals surface area (Å²) in [6, 6.07) is 21.7. The quantitative estimate of drug-likeness (QED) is 0.311. The van der Waals surface area contributed by atoms with Gasteiger partial charge in [0.05, 0.1) is 11.9 Å². The lowest BCUT2D eigenvalue weighted by Crippen LogP contribution is -2.53. The smallest absolute Gasteiger partial charge is 0.244 e. The number of amides is 2. The molecule has 0 heterocycles. The molecule has 0 aliphatic rings. The van der Waals surface area contributed by atoms with Crippen LogP contribution in [0.5, 0.6) is 0 Å². The number of anilines is 1. The van der Waals surface area contributed by atoms with Crippen LogP contribution in [0.4, 0.5) is 5.69 Å². The van der Waals surface area contributed by atoms with Gasteiger partial charge in [-0.2, -0.15) is 0 Å². The molecular weight excluding hydrogens is 578 g/mol. The Labute approximate surface area is 240 Å². The van der Waals surface area contributed by atoms with Gasteiger partial charge >= 0.3 is 0 Å². The number of aryl methyl sites for hydroxylation is 2. The number of benzene rings is 3. The Morgan fingerprint density at radius 3 is 2.08 bits per heavy atom. The predicted octanol–water partition coefficient (Wildman–Crippen LogP) is 5.00. The molecule has 208 valence electrons. The SMILES string of the molecule is CCCNC(=O)C(Cc1ccccc1)N(Cc1ccc(Br)cc1)C(=O)CN(c1c(C)cccc1C)S(C)(=O)=O. The van der Waals surface area contributed by atoms with Crippen molar-refractivity contribution in [3.8, 4) is 0 Å². The zero-order valence-electron chi connectivity index (χ0n) is 22.9. The summed E-state index contributed by atoms with van der Waals surface area (Å²) < 4.78 is 28.0. The van der Waals surface area contributed by atoms with Crippen molar-refractivity contribution in [1.82, 2.24) is 10.2 Å². The van der Waals surface area contributed by atoms with E-state index in [2.05, 4.69) is 21.2 Å². The molecular formula is C30H36BrN3O4S. The summed E-state index contributed by atoms with van der Waals surface area (Å²) in [6.07, 6.45) is 2.14. The molecule has 0 aromatic heterocycles. The second kappa shape index (κ2) is 13.8. The summed E-state index contributed by atoms with van der Waals surface area (Å²) in [5.41, 5.74) is 3.69. The van der Waals surface area contributed by atoms with Crippen LogP contribution in [0.2, 0.25) is 0 Å². The lowest BCUT2D eigenvalue weighted by atomic mass is 10.0. The van der Waals surface area contributed by atoms with Crippen LogP contribution in [0, 0.1) is 13.8 Å². The third-order valence-corrected chi connectivity index (χ3v) is 8.10. The maximum Gasteiger partial charge on any atom is 0.244 e. The van der Waals surface area contributed by atoms with Gasteiger partial charge in [-0.05, 0) is 54.7 Å². The summed E-state index contributed by atoms with van der Waals surface area (Å²) in [7, 11) is -3.81. The first-order valence-electron chi connectivity index (χ1n) is 12.9. The van der Waals surface area contributed by atoms with Gasteiger partial charge in [0.25, 0.3) is 0 Å². The van der Waals surface area contributed by atoms with Gasteiger partial charge in [-0.15, -0.1) is 0 Å². The van der Waals surface area contributed by atoms with Crippen molar-refractivity contribution in [2.75, 3.05) is 23.7 Å². The van der Waals surface area contributed by atoms with E-state index in [1.165, 1.54) is 4.90 Å². The highest BCUT2D eigenvalue weighted by Crippen LogP contribution is 2.27. The first-order chi connectivity index (χ1) is 18.5. The highest BCUT2D eigenvalue weighted by Gasteiger charge is 2.33. The number of nitrogens with one attached hydrogen (secondary N) is 1. The molecule has 0 fully saturated rings. The van der Waals surface area contributed by atoms with E-state index >= 15 is 0 Å². The van der Waals surface area contributed by atoms with E-state index in [0.717, 1.165) is 43.7 Å². The van der Waals surface area contributed by atoms with E-state index in [4.69, 9.17) is 0 Å². The van der Waals surface area contributed by atoms with E-state index in [9.17, 15) is 18.0 Å². The molecule has 0 radical (unpaired) electrons. The number of sulfonamides is 1. The lowest BCUT2D eigenvalue weighted by Gasteiger charge is -2.34.